The number of carbonyl (C=O) groups excluding carboxylic acids is 3. The van der Waals surface area contributed by atoms with Gasteiger partial charge in [-0.3, -0.25) is 14.4 Å². The van der Waals surface area contributed by atoms with Crippen LogP contribution in [0.15, 0.2) is 18.2 Å². The number of amides is 3. The van der Waals surface area contributed by atoms with Crippen LogP contribution in [0.5, 0.6) is 0 Å². The molecule has 0 aromatic heterocycles. The highest BCUT2D eigenvalue weighted by molar-refractivity contribution is 6.34. The van der Waals surface area contributed by atoms with Gasteiger partial charge < -0.3 is 15.5 Å². The fraction of sp³-hybridized carbons (Fsp3) is 0.550. The molecule has 1 heterocycles. The first kappa shape index (κ1) is 19.7. The number of benzene rings is 1. The number of hydrogen-bond acceptors (Lipinski definition) is 3. The second-order valence-corrected chi connectivity index (χ2v) is 7.74. The molecule has 1 aliphatic heterocycles. The molecule has 1 saturated heterocycles. The summed E-state index contributed by atoms with van der Waals surface area (Å²) in [5, 5.41) is 6.17. The predicted molar refractivity (Wildman–Crippen MR) is 105 cm³/mol. The Kier molecular flexibility index (Phi) is 6.37. The van der Waals surface area contributed by atoms with E-state index in [1.165, 1.54) is 0 Å². The van der Waals surface area contributed by atoms with Crippen LogP contribution >= 0.6 is 11.6 Å². The summed E-state index contributed by atoms with van der Waals surface area (Å²) >= 11 is 6.14. The number of rotatable bonds is 6. The number of anilines is 1. The number of likely N-dealkylation sites (tertiary alicyclic amines) is 1. The van der Waals surface area contributed by atoms with Gasteiger partial charge in [-0.1, -0.05) is 18.5 Å². The average molecular weight is 392 g/mol. The minimum absolute atomic E-state index is 0.0755. The molecule has 0 unspecified atom stereocenters. The molecule has 27 heavy (non-hydrogen) atoms. The first-order valence-corrected chi connectivity index (χ1v) is 10.0. The van der Waals surface area contributed by atoms with Crippen LogP contribution in [0.25, 0.3) is 0 Å². The van der Waals surface area contributed by atoms with Crippen molar-refractivity contribution in [2.75, 3.05) is 18.4 Å². The van der Waals surface area contributed by atoms with Crippen molar-refractivity contribution >= 4 is 35.0 Å². The summed E-state index contributed by atoms with van der Waals surface area (Å²) in [6.45, 7) is 3.22. The highest BCUT2D eigenvalue weighted by Crippen LogP contribution is 2.25. The molecule has 1 aromatic rings. The second-order valence-electron chi connectivity index (χ2n) is 7.34. The fourth-order valence-electron chi connectivity index (χ4n) is 3.28. The van der Waals surface area contributed by atoms with Crippen LogP contribution in [0.4, 0.5) is 5.69 Å². The number of piperidine rings is 1. The van der Waals surface area contributed by atoms with Crippen LogP contribution < -0.4 is 10.6 Å². The van der Waals surface area contributed by atoms with Crippen LogP contribution in [0, 0.1) is 5.92 Å². The predicted octanol–water partition coefficient (Wildman–Crippen LogP) is 3.21. The van der Waals surface area contributed by atoms with Gasteiger partial charge in [0.2, 0.25) is 11.8 Å². The van der Waals surface area contributed by atoms with E-state index in [9.17, 15) is 14.4 Å². The third kappa shape index (κ3) is 5.22. The highest BCUT2D eigenvalue weighted by atomic mass is 35.5. The summed E-state index contributed by atoms with van der Waals surface area (Å²) in [7, 11) is 0. The zero-order valence-corrected chi connectivity index (χ0v) is 16.3. The molecule has 7 heteroatoms. The lowest BCUT2D eigenvalue weighted by molar-refractivity contribution is -0.134. The van der Waals surface area contributed by atoms with Crippen molar-refractivity contribution < 1.29 is 14.4 Å². The van der Waals surface area contributed by atoms with Crippen molar-refractivity contribution in [3.05, 3.63) is 28.8 Å². The molecular formula is C20H26ClN3O3. The minimum Gasteiger partial charge on any atom is -0.349 e. The Morgan fingerprint density at radius 3 is 2.48 bits per heavy atom. The monoisotopic (exact) mass is 391 g/mol. The third-order valence-corrected chi connectivity index (χ3v) is 5.40. The van der Waals surface area contributed by atoms with E-state index in [1.807, 2.05) is 11.8 Å². The van der Waals surface area contributed by atoms with Crippen molar-refractivity contribution in [1.29, 1.82) is 0 Å². The molecule has 0 atom stereocenters. The number of carbonyl (C=O) groups is 3. The molecule has 1 aromatic carbocycles. The second kappa shape index (κ2) is 8.74. The first-order chi connectivity index (χ1) is 13.0. The minimum atomic E-state index is -0.207. The van der Waals surface area contributed by atoms with Crippen molar-refractivity contribution in [2.24, 2.45) is 5.92 Å². The maximum atomic E-state index is 12.6. The molecule has 0 bridgehead atoms. The van der Waals surface area contributed by atoms with E-state index in [1.54, 1.807) is 18.2 Å². The molecule has 6 nitrogen and oxygen atoms in total. The summed E-state index contributed by atoms with van der Waals surface area (Å²) in [4.78, 5) is 38.6. The summed E-state index contributed by atoms with van der Waals surface area (Å²) in [6.07, 6.45) is 4.71. The van der Waals surface area contributed by atoms with E-state index >= 15 is 0 Å². The molecule has 3 amide bonds. The Balaban J connectivity index is 1.56. The largest absolute Gasteiger partial charge is 0.349 e. The Hall–Kier alpha value is -2.08. The molecule has 0 spiro atoms. The van der Waals surface area contributed by atoms with Gasteiger partial charge in [-0.2, -0.15) is 0 Å². The lowest BCUT2D eigenvalue weighted by Crippen LogP contribution is -2.41. The Morgan fingerprint density at radius 2 is 1.85 bits per heavy atom. The smallest absolute Gasteiger partial charge is 0.253 e. The topological polar surface area (TPSA) is 78.5 Å². The quantitative estimate of drug-likeness (QED) is 0.781. The lowest BCUT2D eigenvalue weighted by atomic mass is 9.95. The van der Waals surface area contributed by atoms with Crippen molar-refractivity contribution in [3.63, 3.8) is 0 Å². The third-order valence-electron chi connectivity index (χ3n) is 5.07. The van der Waals surface area contributed by atoms with Gasteiger partial charge in [0.1, 0.15) is 0 Å². The Morgan fingerprint density at radius 1 is 1.15 bits per heavy atom. The van der Waals surface area contributed by atoms with E-state index < -0.39 is 0 Å². The number of nitrogens with one attached hydrogen (secondary N) is 2. The van der Waals surface area contributed by atoms with E-state index in [4.69, 9.17) is 11.6 Å². The summed E-state index contributed by atoms with van der Waals surface area (Å²) in [5.74, 6) is -0.245. The number of nitrogens with zero attached hydrogens (tertiary/aromatic N) is 1. The summed E-state index contributed by atoms with van der Waals surface area (Å²) in [6, 6.07) is 5.20. The lowest BCUT2D eigenvalue weighted by Gasteiger charge is -2.31. The van der Waals surface area contributed by atoms with E-state index in [0.717, 1.165) is 19.3 Å². The zero-order valence-electron chi connectivity index (χ0n) is 15.6. The molecule has 1 aliphatic carbocycles. The van der Waals surface area contributed by atoms with Crippen molar-refractivity contribution in [3.8, 4) is 0 Å². The molecule has 146 valence electrons. The summed E-state index contributed by atoms with van der Waals surface area (Å²) in [5.41, 5.74) is 0.941. The number of hydrogen-bond donors (Lipinski definition) is 2. The van der Waals surface area contributed by atoms with Crippen LogP contribution in [0.3, 0.4) is 0 Å². The maximum absolute atomic E-state index is 12.6. The first-order valence-electron chi connectivity index (χ1n) is 9.67. The normalized spacial score (nSPS) is 17.5. The van der Waals surface area contributed by atoms with Crippen LogP contribution in [0.2, 0.25) is 5.02 Å². The van der Waals surface area contributed by atoms with Crippen LogP contribution in [-0.2, 0) is 9.59 Å². The SMILES string of the molecule is CCCC(=O)N1CCC(C(=O)Nc2ccc(Cl)c(C(=O)NC3CC3)c2)CC1. The fourth-order valence-corrected chi connectivity index (χ4v) is 3.48. The van der Waals surface area contributed by atoms with Gasteiger partial charge in [-0.15, -0.1) is 0 Å². The average Bonchev–Trinajstić information content (AvgIpc) is 3.47. The molecular weight excluding hydrogens is 366 g/mol. The van der Waals surface area contributed by atoms with Gasteiger partial charge in [0.25, 0.3) is 5.91 Å². The van der Waals surface area contributed by atoms with Crippen LogP contribution in [-0.4, -0.2) is 41.8 Å². The molecule has 2 N–H and O–H groups in total. The van der Waals surface area contributed by atoms with E-state index in [-0.39, 0.29) is 29.7 Å². The standard InChI is InChI=1S/C20H26ClN3O3/c1-2-3-18(25)24-10-8-13(9-11-24)19(26)23-15-6-7-17(21)16(12-15)20(27)22-14-4-5-14/h6-7,12-14H,2-5,8-11H2,1H3,(H,22,27)(H,23,26). The van der Waals surface area contributed by atoms with Gasteiger partial charge in [0.15, 0.2) is 0 Å². The molecule has 0 radical (unpaired) electrons. The number of halogens is 1. The van der Waals surface area contributed by atoms with Crippen LogP contribution in [0.1, 0.15) is 55.8 Å². The Labute approximate surface area is 164 Å². The van der Waals surface area contributed by atoms with Gasteiger partial charge in [-0.05, 0) is 50.3 Å². The van der Waals surface area contributed by atoms with E-state index in [2.05, 4.69) is 10.6 Å². The summed E-state index contributed by atoms with van der Waals surface area (Å²) < 4.78 is 0. The van der Waals surface area contributed by atoms with Gasteiger partial charge in [0, 0.05) is 37.2 Å². The van der Waals surface area contributed by atoms with Gasteiger partial charge in [0.05, 0.1) is 10.6 Å². The Bertz CT molecular complexity index is 725. The molecule has 1 saturated carbocycles. The maximum Gasteiger partial charge on any atom is 0.253 e. The van der Waals surface area contributed by atoms with Crippen molar-refractivity contribution in [2.45, 2.75) is 51.5 Å². The molecule has 2 fully saturated rings. The highest BCUT2D eigenvalue weighted by Gasteiger charge is 2.28. The van der Waals surface area contributed by atoms with E-state index in [0.29, 0.717) is 48.6 Å². The zero-order chi connectivity index (χ0) is 19.4. The molecule has 3 rings (SSSR count). The molecule has 2 aliphatic rings. The van der Waals surface area contributed by atoms with Gasteiger partial charge >= 0.3 is 0 Å². The van der Waals surface area contributed by atoms with Gasteiger partial charge in [-0.25, -0.2) is 0 Å². The van der Waals surface area contributed by atoms with Crippen molar-refractivity contribution in [1.82, 2.24) is 10.2 Å².